The van der Waals surface area contributed by atoms with Gasteiger partial charge in [0.25, 0.3) is 0 Å². The summed E-state index contributed by atoms with van der Waals surface area (Å²) in [6, 6.07) is 11.7. The van der Waals surface area contributed by atoms with E-state index >= 15 is 0 Å². The second-order valence-electron chi connectivity index (χ2n) is 4.19. The number of amides is 1. The molecule has 0 saturated heterocycles. The molecule has 2 rings (SSSR count). The molecule has 3 heteroatoms. The van der Waals surface area contributed by atoms with Crippen LogP contribution in [0.5, 0.6) is 0 Å². The molecule has 1 aromatic carbocycles. The van der Waals surface area contributed by atoms with Crippen LogP contribution in [0.15, 0.2) is 36.4 Å². The Hall–Kier alpha value is -1.90. The van der Waals surface area contributed by atoms with Crippen LogP contribution in [0.1, 0.15) is 20.3 Å². The minimum absolute atomic E-state index is 0.0169. The van der Waals surface area contributed by atoms with Gasteiger partial charge < -0.3 is 5.32 Å². The van der Waals surface area contributed by atoms with E-state index in [1.54, 1.807) is 0 Å². The summed E-state index contributed by atoms with van der Waals surface area (Å²) in [5, 5.41) is 3.91. The minimum Gasteiger partial charge on any atom is -0.310 e. The molecule has 0 aliphatic carbocycles. The average Bonchev–Trinajstić information content (AvgIpc) is 2.37. The van der Waals surface area contributed by atoms with Gasteiger partial charge in [-0.25, -0.2) is 4.98 Å². The summed E-state index contributed by atoms with van der Waals surface area (Å²) < 4.78 is 0. The van der Waals surface area contributed by atoms with E-state index in [4.69, 9.17) is 0 Å². The smallest absolute Gasteiger partial charge is 0.228 e. The van der Waals surface area contributed by atoms with Crippen molar-refractivity contribution >= 4 is 22.6 Å². The van der Waals surface area contributed by atoms with E-state index in [1.165, 1.54) is 0 Å². The van der Waals surface area contributed by atoms with E-state index in [0.717, 1.165) is 17.3 Å². The van der Waals surface area contributed by atoms with Crippen LogP contribution >= 0.6 is 0 Å². The highest BCUT2D eigenvalue weighted by Gasteiger charge is 2.10. The van der Waals surface area contributed by atoms with Gasteiger partial charge in [0, 0.05) is 11.3 Å². The summed E-state index contributed by atoms with van der Waals surface area (Å²) in [6.45, 7) is 3.91. The Bertz CT molecular complexity index is 536. The molecule has 88 valence electrons. The first-order chi connectivity index (χ1) is 8.20. The van der Waals surface area contributed by atoms with E-state index in [0.29, 0.717) is 5.82 Å². The van der Waals surface area contributed by atoms with Crippen LogP contribution in [0.25, 0.3) is 10.9 Å². The lowest BCUT2D eigenvalue weighted by Gasteiger charge is -2.09. The lowest BCUT2D eigenvalue weighted by Crippen LogP contribution is -2.20. The number of carbonyl (C=O) groups is 1. The Balaban J connectivity index is 2.22. The van der Waals surface area contributed by atoms with Crippen LogP contribution in [0.3, 0.4) is 0 Å². The first-order valence-corrected chi connectivity index (χ1v) is 5.87. The maximum Gasteiger partial charge on any atom is 0.228 e. The van der Waals surface area contributed by atoms with Gasteiger partial charge in [0.1, 0.15) is 5.82 Å². The molecule has 0 bridgehead atoms. The van der Waals surface area contributed by atoms with Crippen molar-refractivity contribution in [2.24, 2.45) is 5.92 Å². The van der Waals surface area contributed by atoms with E-state index in [1.807, 2.05) is 50.2 Å². The third-order valence-corrected chi connectivity index (χ3v) is 2.91. The summed E-state index contributed by atoms with van der Waals surface area (Å²) in [6.07, 6.45) is 0.833. The molecule has 1 atom stereocenters. The molecule has 0 aliphatic heterocycles. The van der Waals surface area contributed by atoms with Gasteiger partial charge in [0.15, 0.2) is 0 Å². The summed E-state index contributed by atoms with van der Waals surface area (Å²) in [5.41, 5.74) is 0.898. The lowest BCUT2D eigenvalue weighted by atomic mass is 10.1. The fourth-order valence-electron chi connectivity index (χ4n) is 1.57. The largest absolute Gasteiger partial charge is 0.310 e. The first kappa shape index (κ1) is 11.6. The van der Waals surface area contributed by atoms with Gasteiger partial charge in [-0.2, -0.15) is 0 Å². The highest BCUT2D eigenvalue weighted by atomic mass is 16.1. The molecule has 3 nitrogen and oxygen atoms in total. The molecule has 17 heavy (non-hydrogen) atoms. The van der Waals surface area contributed by atoms with Crippen molar-refractivity contribution in [3.8, 4) is 0 Å². The molecule has 1 unspecified atom stereocenters. The van der Waals surface area contributed by atoms with Gasteiger partial charge in [-0.05, 0) is 24.6 Å². The number of hydrogen-bond acceptors (Lipinski definition) is 2. The van der Waals surface area contributed by atoms with Gasteiger partial charge in [0.05, 0.1) is 5.52 Å². The van der Waals surface area contributed by atoms with E-state index in [9.17, 15) is 4.79 Å². The van der Waals surface area contributed by atoms with Gasteiger partial charge in [-0.3, -0.25) is 4.79 Å². The molecule has 1 N–H and O–H groups in total. The van der Waals surface area contributed by atoms with Gasteiger partial charge in [-0.1, -0.05) is 32.0 Å². The zero-order valence-corrected chi connectivity index (χ0v) is 10.1. The van der Waals surface area contributed by atoms with Crippen molar-refractivity contribution in [1.82, 2.24) is 4.98 Å². The molecule has 0 aliphatic rings. The summed E-state index contributed by atoms with van der Waals surface area (Å²) in [7, 11) is 0. The van der Waals surface area contributed by atoms with Crippen molar-refractivity contribution in [3.63, 3.8) is 0 Å². The summed E-state index contributed by atoms with van der Waals surface area (Å²) in [5.74, 6) is 0.660. The quantitative estimate of drug-likeness (QED) is 0.876. The molecule has 1 heterocycles. The van der Waals surface area contributed by atoms with Crippen molar-refractivity contribution < 1.29 is 4.79 Å². The number of nitrogens with zero attached hydrogens (tertiary/aromatic N) is 1. The van der Waals surface area contributed by atoms with Crippen LogP contribution in [0.4, 0.5) is 5.82 Å². The van der Waals surface area contributed by atoms with Crippen LogP contribution in [-0.2, 0) is 4.79 Å². The number of fused-ring (bicyclic) bond motifs is 1. The molecule has 0 spiro atoms. The Morgan fingerprint density at radius 2 is 2.06 bits per heavy atom. The maximum atomic E-state index is 11.7. The Morgan fingerprint density at radius 3 is 2.82 bits per heavy atom. The maximum absolute atomic E-state index is 11.7. The van der Waals surface area contributed by atoms with Crippen molar-refractivity contribution in [2.75, 3.05) is 5.32 Å². The highest BCUT2D eigenvalue weighted by molar-refractivity contribution is 5.92. The predicted octanol–water partition coefficient (Wildman–Crippen LogP) is 3.22. The topological polar surface area (TPSA) is 42.0 Å². The summed E-state index contributed by atoms with van der Waals surface area (Å²) >= 11 is 0. The number of nitrogens with one attached hydrogen (secondary N) is 1. The third-order valence-electron chi connectivity index (χ3n) is 2.91. The van der Waals surface area contributed by atoms with Crippen molar-refractivity contribution in [1.29, 1.82) is 0 Å². The summed E-state index contributed by atoms with van der Waals surface area (Å²) in [4.78, 5) is 16.1. The number of aromatic nitrogens is 1. The molecule has 0 radical (unpaired) electrons. The molecule has 1 amide bonds. The zero-order chi connectivity index (χ0) is 12.3. The fourth-order valence-corrected chi connectivity index (χ4v) is 1.57. The number of hydrogen-bond donors (Lipinski definition) is 1. The number of pyridine rings is 1. The normalized spacial score (nSPS) is 12.4. The van der Waals surface area contributed by atoms with Crippen molar-refractivity contribution in [3.05, 3.63) is 36.4 Å². The van der Waals surface area contributed by atoms with E-state index < -0.39 is 0 Å². The van der Waals surface area contributed by atoms with Crippen LogP contribution < -0.4 is 5.32 Å². The van der Waals surface area contributed by atoms with Crippen LogP contribution in [0.2, 0.25) is 0 Å². The van der Waals surface area contributed by atoms with Gasteiger partial charge in [-0.15, -0.1) is 0 Å². The fraction of sp³-hybridized carbons (Fsp3) is 0.286. The first-order valence-electron chi connectivity index (χ1n) is 5.87. The Kier molecular flexibility index (Phi) is 3.38. The molecular weight excluding hydrogens is 212 g/mol. The second kappa shape index (κ2) is 4.95. The highest BCUT2D eigenvalue weighted by Crippen LogP contribution is 2.15. The minimum atomic E-state index is 0.0169. The molecule has 0 saturated carbocycles. The van der Waals surface area contributed by atoms with Crippen LogP contribution in [0, 0.1) is 5.92 Å². The molecule has 2 aromatic rings. The number of benzene rings is 1. The van der Waals surface area contributed by atoms with E-state index in [2.05, 4.69) is 10.3 Å². The molecular formula is C14H16N2O. The number of carbonyl (C=O) groups excluding carboxylic acids is 1. The van der Waals surface area contributed by atoms with Gasteiger partial charge in [0.2, 0.25) is 5.91 Å². The van der Waals surface area contributed by atoms with Gasteiger partial charge >= 0.3 is 0 Å². The predicted molar refractivity (Wildman–Crippen MR) is 69.8 cm³/mol. The second-order valence-corrected chi connectivity index (χ2v) is 4.19. The lowest BCUT2D eigenvalue weighted by molar-refractivity contribution is -0.119. The third kappa shape index (κ3) is 2.61. The number of para-hydroxylation sites is 1. The monoisotopic (exact) mass is 228 g/mol. The zero-order valence-electron chi connectivity index (χ0n) is 10.1. The van der Waals surface area contributed by atoms with Crippen LogP contribution in [-0.4, -0.2) is 10.9 Å². The van der Waals surface area contributed by atoms with E-state index in [-0.39, 0.29) is 11.8 Å². The Morgan fingerprint density at radius 1 is 1.29 bits per heavy atom. The standard InChI is InChI=1S/C14H16N2O/c1-3-10(2)14(17)16-13-9-8-11-6-4-5-7-12(11)15-13/h4-10H,3H2,1-2H3,(H,15,16,17). The Labute approximate surface area is 101 Å². The SMILES string of the molecule is CCC(C)C(=O)Nc1ccc2ccccc2n1. The average molecular weight is 228 g/mol. The van der Waals surface area contributed by atoms with Crippen molar-refractivity contribution in [2.45, 2.75) is 20.3 Å². The number of rotatable bonds is 3. The molecule has 1 aromatic heterocycles. The number of anilines is 1. The molecule has 0 fully saturated rings.